The number of alkyl halides is 3. The molecule has 114 valence electrons. The van der Waals surface area contributed by atoms with Crippen LogP contribution in [0.2, 0.25) is 0 Å². The quantitative estimate of drug-likeness (QED) is 0.911. The molecule has 0 spiro atoms. The smallest absolute Gasteiger partial charge is 0.397 e. The third kappa shape index (κ3) is 3.10. The van der Waals surface area contributed by atoms with Gasteiger partial charge in [-0.15, -0.1) is 11.3 Å². The second kappa shape index (κ2) is 5.51. The lowest BCUT2D eigenvalue weighted by Crippen LogP contribution is -2.31. The molecule has 0 saturated heterocycles. The van der Waals surface area contributed by atoms with Crippen LogP contribution in [0.4, 0.5) is 18.9 Å². The summed E-state index contributed by atoms with van der Waals surface area (Å²) in [5.74, 6) is -0.390. The molecule has 2 aromatic rings. The molecule has 2 aromatic heterocycles. The minimum absolute atomic E-state index is 0.0409. The minimum Gasteiger partial charge on any atom is -0.397 e. The number of halogens is 3. The number of fused-ring (bicyclic) bond motifs is 1. The minimum atomic E-state index is -4.52. The fourth-order valence-corrected chi connectivity index (χ4v) is 2.71. The van der Waals surface area contributed by atoms with Crippen LogP contribution < -0.4 is 11.1 Å². The first-order valence-electron chi connectivity index (χ1n) is 6.31. The van der Waals surface area contributed by atoms with E-state index < -0.39 is 17.8 Å². The molecular weight excluding hydrogens is 303 g/mol. The number of nitrogens with two attached hydrogens (primary N) is 1. The molecule has 2 heterocycles. The Labute approximate surface area is 123 Å². The summed E-state index contributed by atoms with van der Waals surface area (Å²) >= 11 is 0.867. The summed E-state index contributed by atoms with van der Waals surface area (Å²) in [7, 11) is 0. The van der Waals surface area contributed by atoms with Gasteiger partial charge < -0.3 is 11.1 Å². The van der Waals surface area contributed by atoms with Gasteiger partial charge in [0.05, 0.1) is 5.69 Å². The normalized spacial score (nSPS) is 13.4. The Morgan fingerprint density at radius 2 is 2.14 bits per heavy atom. The summed E-state index contributed by atoms with van der Waals surface area (Å²) < 4.78 is 37.9. The summed E-state index contributed by atoms with van der Waals surface area (Å²) in [5, 5.41) is 3.10. The molecule has 1 atom stereocenters. The third-order valence-corrected chi connectivity index (χ3v) is 4.19. The van der Waals surface area contributed by atoms with E-state index in [0.717, 1.165) is 23.8 Å². The summed E-state index contributed by atoms with van der Waals surface area (Å²) in [6, 6.07) is 2.07. The average molecular weight is 317 g/mol. The lowest BCUT2D eigenvalue weighted by molar-refractivity contribution is -0.140. The summed E-state index contributed by atoms with van der Waals surface area (Å²) in [4.78, 5) is 15.9. The van der Waals surface area contributed by atoms with E-state index in [4.69, 9.17) is 5.73 Å². The van der Waals surface area contributed by atoms with Crippen molar-refractivity contribution < 1.29 is 18.0 Å². The third-order valence-electron chi connectivity index (χ3n) is 3.08. The van der Waals surface area contributed by atoms with E-state index in [2.05, 4.69) is 10.3 Å². The molecule has 2 rings (SSSR count). The second-order valence-corrected chi connectivity index (χ2v) is 5.67. The highest BCUT2D eigenvalue weighted by Gasteiger charge is 2.33. The van der Waals surface area contributed by atoms with Gasteiger partial charge in [0.2, 0.25) is 0 Å². The van der Waals surface area contributed by atoms with E-state index in [1.807, 2.05) is 13.8 Å². The Kier molecular flexibility index (Phi) is 4.08. The van der Waals surface area contributed by atoms with Crippen LogP contribution in [-0.2, 0) is 6.18 Å². The number of rotatable bonds is 3. The Hall–Kier alpha value is -1.83. The molecule has 1 unspecified atom stereocenters. The molecule has 0 aliphatic carbocycles. The zero-order valence-electron chi connectivity index (χ0n) is 11.4. The van der Waals surface area contributed by atoms with Crippen molar-refractivity contribution >= 4 is 33.1 Å². The lowest BCUT2D eigenvalue weighted by atomic mass is 10.2. The lowest BCUT2D eigenvalue weighted by Gasteiger charge is -2.10. The molecule has 1 amide bonds. The molecule has 21 heavy (non-hydrogen) atoms. The Bertz CT molecular complexity index is 681. The highest BCUT2D eigenvalue weighted by molar-refractivity contribution is 7.21. The molecule has 4 nitrogen and oxygen atoms in total. The predicted molar refractivity (Wildman–Crippen MR) is 76.3 cm³/mol. The van der Waals surface area contributed by atoms with Crippen LogP contribution in [-0.4, -0.2) is 16.9 Å². The first-order valence-corrected chi connectivity index (χ1v) is 7.12. The average Bonchev–Trinajstić information content (AvgIpc) is 2.74. The summed E-state index contributed by atoms with van der Waals surface area (Å²) in [6.07, 6.45) is -3.78. The number of carbonyl (C=O) groups excluding carboxylic acids is 1. The largest absolute Gasteiger partial charge is 0.433 e. The Morgan fingerprint density at radius 1 is 1.48 bits per heavy atom. The maximum absolute atomic E-state index is 12.6. The van der Waals surface area contributed by atoms with Crippen molar-refractivity contribution in [2.75, 3.05) is 5.73 Å². The van der Waals surface area contributed by atoms with Crippen LogP contribution in [0, 0.1) is 0 Å². The number of carbonyl (C=O) groups is 1. The van der Waals surface area contributed by atoms with Gasteiger partial charge in [0.1, 0.15) is 15.4 Å². The maximum Gasteiger partial charge on any atom is 0.433 e. The predicted octanol–water partition coefficient (Wildman–Crippen LogP) is 3.43. The molecule has 0 fully saturated rings. The standard InChI is InChI=1S/C13H14F3N3OS/c1-3-6(2)18-11(20)10-9(17)7-4-5-8(13(14,15)16)19-12(7)21-10/h4-6H,3,17H2,1-2H3,(H,18,20). The van der Waals surface area contributed by atoms with E-state index >= 15 is 0 Å². The number of nitrogen functional groups attached to an aromatic ring is 1. The number of nitrogens with zero attached hydrogens (tertiary/aromatic N) is 1. The van der Waals surface area contributed by atoms with Crippen molar-refractivity contribution in [2.45, 2.75) is 32.5 Å². The number of nitrogens with one attached hydrogen (secondary N) is 1. The van der Waals surface area contributed by atoms with Crippen molar-refractivity contribution in [2.24, 2.45) is 0 Å². The van der Waals surface area contributed by atoms with Gasteiger partial charge in [-0.05, 0) is 25.5 Å². The molecule has 0 saturated carbocycles. The number of hydrogen-bond donors (Lipinski definition) is 2. The van der Waals surface area contributed by atoms with Crippen molar-refractivity contribution in [3.63, 3.8) is 0 Å². The van der Waals surface area contributed by atoms with Gasteiger partial charge >= 0.3 is 6.18 Å². The molecule has 0 aliphatic rings. The SMILES string of the molecule is CCC(C)NC(=O)c1sc2nc(C(F)(F)F)ccc2c1N. The van der Waals surface area contributed by atoms with Crippen molar-refractivity contribution in [3.8, 4) is 0 Å². The molecule has 0 bridgehead atoms. The number of anilines is 1. The first-order chi connectivity index (χ1) is 9.74. The highest BCUT2D eigenvalue weighted by atomic mass is 32.1. The number of hydrogen-bond acceptors (Lipinski definition) is 4. The zero-order valence-corrected chi connectivity index (χ0v) is 12.2. The van der Waals surface area contributed by atoms with E-state index in [0.29, 0.717) is 5.39 Å². The second-order valence-electron chi connectivity index (χ2n) is 4.67. The van der Waals surface area contributed by atoms with E-state index in [1.165, 1.54) is 6.07 Å². The van der Waals surface area contributed by atoms with Gasteiger partial charge in [-0.2, -0.15) is 13.2 Å². The summed E-state index contributed by atoms with van der Waals surface area (Å²) in [5.41, 5.74) is 5.01. The molecule has 0 radical (unpaired) electrons. The topological polar surface area (TPSA) is 68.0 Å². The number of aromatic nitrogens is 1. The maximum atomic E-state index is 12.6. The van der Waals surface area contributed by atoms with Crippen LogP contribution in [0.15, 0.2) is 12.1 Å². The molecular formula is C13H14F3N3OS. The van der Waals surface area contributed by atoms with Crippen LogP contribution >= 0.6 is 11.3 Å². The van der Waals surface area contributed by atoms with E-state index in [9.17, 15) is 18.0 Å². The molecule has 0 aromatic carbocycles. The van der Waals surface area contributed by atoms with Gasteiger partial charge in [0.15, 0.2) is 0 Å². The van der Waals surface area contributed by atoms with Gasteiger partial charge in [-0.3, -0.25) is 4.79 Å². The highest BCUT2D eigenvalue weighted by Crippen LogP contribution is 2.35. The first kappa shape index (κ1) is 15.6. The fraction of sp³-hybridized carbons (Fsp3) is 0.385. The van der Waals surface area contributed by atoms with Gasteiger partial charge in [0.25, 0.3) is 5.91 Å². The molecule has 0 aliphatic heterocycles. The number of thiophene rings is 1. The van der Waals surface area contributed by atoms with E-state index in [-0.39, 0.29) is 21.4 Å². The van der Waals surface area contributed by atoms with Gasteiger partial charge in [-0.1, -0.05) is 6.92 Å². The van der Waals surface area contributed by atoms with Crippen LogP contribution in [0.1, 0.15) is 35.6 Å². The van der Waals surface area contributed by atoms with Crippen LogP contribution in [0.3, 0.4) is 0 Å². The van der Waals surface area contributed by atoms with Gasteiger partial charge in [-0.25, -0.2) is 4.98 Å². The van der Waals surface area contributed by atoms with Crippen LogP contribution in [0.5, 0.6) is 0 Å². The van der Waals surface area contributed by atoms with E-state index in [1.54, 1.807) is 0 Å². The molecule has 3 N–H and O–H groups in total. The van der Waals surface area contributed by atoms with Crippen molar-refractivity contribution in [1.82, 2.24) is 10.3 Å². The van der Waals surface area contributed by atoms with Gasteiger partial charge in [0, 0.05) is 11.4 Å². The van der Waals surface area contributed by atoms with Crippen LogP contribution in [0.25, 0.3) is 10.2 Å². The van der Waals surface area contributed by atoms with Crippen molar-refractivity contribution in [3.05, 3.63) is 22.7 Å². The Balaban J connectivity index is 2.43. The Morgan fingerprint density at radius 3 is 2.71 bits per heavy atom. The summed E-state index contributed by atoms with van der Waals surface area (Å²) in [6.45, 7) is 3.75. The monoisotopic (exact) mass is 317 g/mol. The fourth-order valence-electron chi connectivity index (χ4n) is 1.72. The number of pyridine rings is 1. The van der Waals surface area contributed by atoms with Crippen molar-refractivity contribution in [1.29, 1.82) is 0 Å². The molecule has 8 heteroatoms. The number of amides is 1. The zero-order chi connectivity index (χ0) is 15.8.